The number of carbonyl (C=O) groups excluding carboxylic acids is 2. The second kappa shape index (κ2) is 7.76. The van der Waals surface area contributed by atoms with E-state index in [0.29, 0.717) is 24.3 Å². The van der Waals surface area contributed by atoms with Crippen LogP contribution in [0.25, 0.3) is 0 Å². The third-order valence-corrected chi connectivity index (χ3v) is 7.09. The van der Waals surface area contributed by atoms with Crippen molar-refractivity contribution >= 4 is 11.8 Å². The number of esters is 1. The van der Waals surface area contributed by atoms with Crippen LogP contribution < -0.4 is 0 Å². The lowest BCUT2D eigenvalue weighted by atomic mass is 9.51. The number of carbonyl (C=O) groups is 2. The van der Waals surface area contributed by atoms with E-state index in [2.05, 4.69) is 5.10 Å². The highest BCUT2D eigenvalue weighted by Gasteiger charge is 2.70. The van der Waals surface area contributed by atoms with Gasteiger partial charge < -0.3 is 9.47 Å². The van der Waals surface area contributed by atoms with E-state index >= 15 is 0 Å². The van der Waals surface area contributed by atoms with Crippen molar-refractivity contribution in [2.45, 2.75) is 70.1 Å². The van der Waals surface area contributed by atoms with Gasteiger partial charge in [0, 0.05) is 29.7 Å². The zero-order valence-electron chi connectivity index (χ0n) is 18.0. The van der Waals surface area contributed by atoms with Crippen LogP contribution in [0.1, 0.15) is 78.5 Å². The Balaban J connectivity index is 1.40. The molecule has 1 saturated carbocycles. The SMILES string of the molecule is C[C@@]12Cc3c(c(C(=O)CC(=O)OCc4ccccc4)nn3C3CCCCO3)C(C1)C2(F)F. The topological polar surface area (TPSA) is 70.4 Å². The van der Waals surface area contributed by atoms with Gasteiger partial charge in [-0.3, -0.25) is 9.59 Å². The predicted molar refractivity (Wildman–Crippen MR) is 110 cm³/mol. The van der Waals surface area contributed by atoms with Crippen LogP contribution in [-0.4, -0.2) is 34.1 Å². The summed E-state index contributed by atoms with van der Waals surface area (Å²) >= 11 is 0. The number of Topliss-reactive ketones (excluding diaryl/α,β-unsaturated/α-hetero) is 1. The molecule has 1 saturated heterocycles. The lowest BCUT2D eigenvalue weighted by molar-refractivity contribution is -0.222. The molecule has 0 amide bonds. The Bertz CT molecular complexity index is 1050. The van der Waals surface area contributed by atoms with Crippen LogP contribution >= 0.6 is 0 Å². The Hall–Kier alpha value is -2.61. The maximum absolute atomic E-state index is 14.9. The Morgan fingerprint density at radius 2 is 2.03 bits per heavy atom. The first-order valence-corrected chi connectivity index (χ1v) is 11.1. The molecule has 0 spiro atoms. The molecule has 8 heteroatoms. The van der Waals surface area contributed by atoms with Gasteiger partial charge in [0.05, 0.1) is 5.92 Å². The highest BCUT2D eigenvalue weighted by atomic mass is 19.3. The van der Waals surface area contributed by atoms with Crippen molar-refractivity contribution in [3.05, 3.63) is 52.8 Å². The van der Waals surface area contributed by atoms with Crippen LogP contribution in [0.2, 0.25) is 0 Å². The Labute approximate surface area is 184 Å². The summed E-state index contributed by atoms with van der Waals surface area (Å²) in [6.45, 7) is 2.22. The quantitative estimate of drug-likeness (QED) is 0.371. The van der Waals surface area contributed by atoms with Crippen LogP contribution in [0.4, 0.5) is 8.78 Å². The van der Waals surface area contributed by atoms with Gasteiger partial charge in [0.25, 0.3) is 5.92 Å². The van der Waals surface area contributed by atoms with Crippen LogP contribution in [0, 0.1) is 5.41 Å². The molecular formula is C24H26F2N2O4. The second-order valence-corrected chi connectivity index (χ2v) is 9.34. The molecule has 1 aliphatic heterocycles. The van der Waals surface area contributed by atoms with Crippen molar-refractivity contribution in [2.75, 3.05) is 6.61 Å². The van der Waals surface area contributed by atoms with E-state index in [1.165, 1.54) is 0 Å². The van der Waals surface area contributed by atoms with Crippen molar-refractivity contribution in [3.63, 3.8) is 0 Å². The van der Waals surface area contributed by atoms with Gasteiger partial charge in [0.2, 0.25) is 0 Å². The smallest absolute Gasteiger partial charge is 0.314 e. The molecule has 2 aromatic rings. The summed E-state index contributed by atoms with van der Waals surface area (Å²) in [5, 5.41) is 4.46. The number of ether oxygens (including phenoxy) is 2. The number of halogens is 2. The molecule has 3 aliphatic carbocycles. The molecule has 2 unspecified atom stereocenters. The van der Waals surface area contributed by atoms with Gasteiger partial charge in [0.15, 0.2) is 5.78 Å². The van der Waals surface area contributed by atoms with Gasteiger partial charge in [-0.05, 0) is 31.2 Å². The van der Waals surface area contributed by atoms with Crippen molar-refractivity contribution in [3.8, 4) is 0 Å². The Kier molecular flexibility index (Phi) is 5.15. The molecule has 1 aromatic carbocycles. The number of aromatic nitrogens is 2. The number of alkyl halides is 2. The highest BCUT2D eigenvalue weighted by molar-refractivity contribution is 6.06. The summed E-state index contributed by atoms with van der Waals surface area (Å²) in [7, 11) is 0. The van der Waals surface area contributed by atoms with Gasteiger partial charge >= 0.3 is 5.97 Å². The van der Waals surface area contributed by atoms with Gasteiger partial charge in [-0.1, -0.05) is 37.3 Å². The van der Waals surface area contributed by atoms with Crippen molar-refractivity contribution in [1.29, 1.82) is 0 Å². The number of rotatable bonds is 6. The number of hydrogen-bond acceptors (Lipinski definition) is 5. The van der Waals surface area contributed by atoms with E-state index in [-0.39, 0.29) is 24.9 Å². The van der Waals surface area contributed by atoms with Crippen LogP contribution in [0.15, 0.2) is 30.3 Å². The van der Waals surface area contributed by atoms with E-state index in [4.69, 9.17) is 9.47 Å². The highest BCUT2D eigenvalue weighted by Crippen LogP contribution is 2.68. The number of hydrogen-bond donors (Lipinski definition) is 0. The zero-order valence-corrected chi connectivity index (χ0v) is 18.0. The molecule has 3 atom stereocenters. The van der Waals surface area contributed by atoms with Gasteiger partial charge in [-0.25, -0.2) is 13.5 Å². The fourth-order valence-electron chi connectivity index (χ4n) is 5.24. The second-order valence-electron chi connectivity index (χ2n) is 9.34. The third kappa shape index (κ3) is 3.36. The number of benzene rings is 1. The molecule has 4 aliphatic rings. The van der Waals surface area contributed by atoms with Crippen LogP contribution in [0.5, 0.6) is 0 Å². The Morgan fingerprint density at radius 3 is 2.72 bits per heavy atom. The Morgan fingerprint density at radius 1 is 1.25 bits per heavy atom. The summed E-state index contributed by atoms with van der Waals surface area (Å²) in [6, 6.07) is 9.13. The molecule has 0 N–H and O–H groups in total. The summed E-state index contributed by atoms with van der Waals surface area (Å²) in [5.41, 5.74) is 0.595. The number of nitrogens with zero attached hydrogens (tertiary/aromatic N) is 2. The fraction of sp³-hybridized carbons (Fsp3) is 0.542. The van der Waals surface area contributed by atoms with Gasteiger partial charge in [-0.2, -0.15) is 5.10 Å². The standard InChI is InChI=1S/C24H26F2N2O4/c1-23-12-16(24(23,25)26)21-17(13-23)28(19-9-5-6-10-31-19)27-22(21)18(29)11-20(30)32-14-15-7-3-2-4-8-15/h2-4,7-8,16,19H,5-6,9-14H2,1H3/t16?,19?,23-/m0/s1. The average molecular weight is 444 g/mol. The zero-order chi connectivity index (χ0) is 22.5. The first kappa shape index (κ1) is 21.2. The molecule has 6 nitrogen and oxygen atoms in total. The maximum Gasteiger partial charge on any atom is 0.314 e. The molecule has 6 rings (SSSR count). The van der Waals surface area contributed by atoms with Crippen LogP contribution in [-0.2, 0) is 27.3 Å². The summed E-state index contributed by atoms with van der Waals surface area (Å²) < 4.78 is 42.5. The van der Waals surface area contributed by atoms with Crippen molar-refractivity contribution < 1.29 is 27.8 Å². The molecule has 2 heterocycles. The number of ketones is 1. The molecule has 32 heavy (non-hydrogen) atoms. The lowest BCUT2D eigenvalue weighted by Crippen LogP contribution is -2.60. The molecule has 2 fully saturated rings. The first-order valence-electron chi connectivity index (χ1n) is 11.1. The largest absolute Gasteiger partial charge is 0.460 e. The minimum absolute atomic E-state index is 0.0303. The van der Waals surface area contributed by atoms with Gasteiger partial charge in [-0.15, -0.1) is 0 Å². The fourth-order valence-corrected chi connectivity index (χ4v) is 5.24. The van der Waals surface area contributed by atoms with Crippen molar-refractivity contribution in [2.24, 2.45) is 5.41 Å². The first-order chi connectivity index (χ1) is 15.3. The molecular weight excluding hydrogens is 418 g/mol. The van der Waals surface area contributed by atoms with E-state index in [1.54, 1.807) is 11.6 Å². The third-order valence-electron chi connectivity index (χ3n) is 7.09. The monoisotopic (exact) mass is 444 g/mol. The maximum atomic E-state index is 14.9. The van der Waals surface area contributed by atoms with E-state index in [1.807, 2.05) is 30.3 Å². The molecule has 170 valence electrons. The molecule has 1 aromatic heterocycles. The average Bonchev–Trinajstić information content (AvgIpc) is 3.18. The van der Waals surface area contributed by atoms with Crippen LogP contribution in [0.3, 0.4) is 0 Å². The minimum atomic E-state index is -2.90. The summed E-state index contributed by atoms with van der Waals surface area (Å²) in [6.07, 6.45) is 2.17. The summed E-state index contributed by atoms with van der Waals surface area (Å²) in [5.74, 6) is -5.23. The normalized spacial score (nSPS) is 27.8. The van der Waals surface area contributed by atoms with E-state index in [0.717, 1.165) is 24.8 Å². The minimum Gasteiger partial charge on any atom is -0.460 e. The van der Waals surface area contributed by atoms with E-state index < -0.39 is 35.4 Å². The molecule has 2 bridgehead atoms. The predicted octanol–water partition coefficient (Wildman–Crippen LogP) is 4.58. The lowest BCUT2D eigenvalue weighted by Gasteiger charge is -2.56. The van der Waals surface area contributed by atoms with E-state index in [9.17, 15) is 18.4 Å². The molecule has 0 radical (unpaired) electrons. The van der Waals surface area contributed by atoms with Gasteiger partial charge in [0.1, 0.15) is 24.9 Å². The van der Waals surface area contributed by atoms with Crippen molar-refractivity contribution in [1.82, 2.24) is 9.78 Å². The summed E-state index contributed by atoms with van der Waals surface area (Å²) in [4.78, 5) is 25.3.